The molecule has 0 saturated carbocycles. The highest BCUT2D eigenvalue weighted by atomic mass is 127. The van der Waals surface area contributed by atoms with Crippen molar-refractivity contribution >= 4 is 22.6 Å². The van der Waals surface area contributed by atoms with E-state index in [2.05, 4.69) is 87.6 Å². The molecule has 0 unspecified atom stereocenters. The minimum atomic E-state index is 0.533. The Hall–Kier alpha value is -1.69. The van der Waals surface area contributed by atoms with Crippen molar-refractivity contribution in [1.29, 1.82) is 0 Å². The first-order chi connectivity index (χ1) is 10.2. The lowest BCUT2D eigenvalue weighted by Crippen LogP contribution is -1.99. The largest absolute Gasteiger partial charge is 0.270 e. The van der Waals surface area contributed by atoms with Crippen molar-refractivity contribution in [3.63, 3.8) is 0 Å². The summed E-state index contributed by atoms with van der Waals surface area (Å²) < 4.78 is 2.94. The molecule has 0 aliphatic heterocycles. The summed E-state index contributed by atoms with van der Waals surface area (Å²) in [7, 11) is 0. The third-order valence-corrected chi connectivity index (χ3v) is 4.17. The van der Waals surface area contributed by atoms with Crippen LogP contribution in [0.2, 0.25) is 0 Å². The minimum absolute atomic E-state index is 0.533. The smallest absolute Gasteiger partial charge is 0.199 e. The van der Waals surface area contributed by atoms with E-state index in [-0.39, 0.29) is 0 Å². The van der Waals surface area contributed by atoms with Gasteiger partial charge in [-0.1, -0.05) is 56.3 Å². The van der Waals surface area contributed by atoms with Crippen molar-refractivity contribution in [1.82, 2.24) is 14.8 Å². The molecule has 0 saturated heterocycles. The summed E-state index contributed by atoms with van der Waals surface area (Å²) in [5.41, 5.74) is 3.49. The van der Waals surface area contributed by atoms with Gasteiger partial charge in [0.15, 0.2) is 9.66 Å². The molecule has 0 bridgehead atoms. The van der Waals surface area contributed by atoms with E-state index < -0.39 is 0 Å². The lowest BCUT2D eigenvalue weighted by atomic mass is 10.0. The van der Waals surface area contributed by atoms with Crippen LogP contribution >= 0.6 is 22.6 Å². The van der Waals surface area contributed by atoms with Gasteiger partial charge in [-0.05, 0) is 23.6 Å². The van der Waals surface area contributed by atoms with E-state index in [9.17, 15) is 0 Å². The Morgan fingerprint density at radius 2 is 1.57 bits per heavy atom. The molecule has 0 N–H and O–H groups in total. The molecule has 21 heavy (non-hydrogen) atoms. The second-order valence-electron chi connectivity index (χ2n) is 5.24. The molecule has 4 heteroatoms. The maximum absolute atomic E-state index is 4.34. The highest BCUT2D eigenvalue weighted by Gasteiger charge is 2.13. The van der Waals surface area contributed by atoms with Gasteiger partial charge in [-0.2, -0.15) is 0 Å². The Morgan fingerprint density at radius 1 is 0.905 bits per heavy atom. The number of para-hydroxylation sites is 1. The molecule has 0 amide bonds. The van der Waals surface area contributed by atoms with Crippen molar-refractivity contribution in [3.05, 3.63) is 64.0 Å². The molecule has 0 aliphatic rings. The van der Waals surface area contributed by atoms with E-state index in [0.29, 0.717) is 5.92 Å². The van der Waals surface area contributed by atoms with E-state index in [1.165, 1.54) is 5.56 Å². The first-order valence-corrected chi connectivity index (χ1v) is 8.01. The molecule has 0 spiro atoms. The van der Waals surface area contributed by atoms with Gasteiger partial charge < -0.3 is 0 Å². The highest BCUT2D eigenvalue weighted by Crippen LogP contribution is 2.25. The normalized spacial score (nSPS) is 11.0. The molecule has 0 atom stereocenters. The third-order valence-electron chi connectivity index (χ3n) is 3.47. The average molecular weight is 389 g/mol. The summed E-state index contributed by atoms with van der Waals surface area (Å²) in [6.07, 6.45) is 0. The lowest BCUT2D eigenvalue weighted by Gasteiger charge is -2.09. The Morgan fingerprint density at radius 3 is 2.19 bits per heavy atom. The summed E-state index contributed by atoms with van der Waals surface area (Å²) >= 11 is 2.22. The molecule has 3 aromatic rings. The van der Waals surface area contributed by atoms with Crippen molar-refractivity contribution in [2.75, 3.05) is 0 Å². The Bertz CT molecular complexity index is 730. The summed E-state index contributed by atoms with van der Waals surface area (Å²) in [5, 5.41) is 8.57. The summed E-state index contributed by atoms with van der Waals surface area (Å²) in [6, 6.07) is 18.8. The fourth-order valence-electron chi connectivity index (χ4n) is 2.28. The van der Waals surface area contributed by atoms with Gasteiger partial charge in [0, 0.05) is 33.8 Å². The van der Waals surface area contributed by atoms with Crippen molar-refractivity contribution in [2.45, 2.75) is 19.8 Å². The fourth-order valence-corrected chi connectivity index (χ4v) is 2.89. The summed E-state index contributed by atoms with van der Waals surface area (Å²) in [5.74, 6) is 1.41. The summed E-state index contributed by atoms with van der Waals surface area (Å²) in [4.78, 5) is 0. The zero-order chi connectivity index (χ0) is 14.8. The number of nitrogens with zero attached hydrogens (tertiary/aromatic N) is 3. The van der Waals surface area contributed by atoms with Crippen LogP contribution in [0.3, 0.4) is 0 Å². The zero-order valence-electron chi connectivity index (χ0n) is 12.0. The second-order valence-corrected chi connectivity index (χ2v) is 6.21. The van der Waals surface area contributed by atoms with Gasteiger partial charge in [0.1, 0.15) is 0 Å². The quantitative estimate of drug-likeness (QED) is 0.610. The zero-order valence-corrected chi connectivity index (χ0v) is 14.2. The maximum Gasteiger partial charge on any atom is 0.199 e. The van der Waals surface area contributed by atoms with E-state index in [4.69, 9.17) is 0 Å². The fraction of sp³-hybridized carbons (Fsp3) is 0.176. The van der Waals surface area contributed by atoms with Crippen LogP contribution in [0.4, 0.5) is 0 Å². The van der Waals surface area contributed by atoms with Crippen LogP contribution in [0.1, 0.15) is 25.3 Å². The predicted molar refractivity (Wildman–Crippen MR) is 93.6 cm³/mol. The van der Waals surface area contributed by atoms with Gasteiger partial charge in [-0.25, -0.2) is 0 Å². The number of rotatable bonds is 3. The molecule has 0 aliphatic carbocycles. The van der Waals surface area contributed by atoms with Crippen molar-refractivity contribution in [2.24, 2.45) is 0 Å². The maximum atomic E-state index is 4.34. The van der Waals surface area contributed by atoms with Gasteiger partial charge in [-0.15, -0.1) is 10.2 Å². The van der Waals surface area contributed by atoms with Crippen molar-refractivity contribution in [3.8, 4) is 17.1 Å². The molecule has 3 rings (SSSR count). The second kappa shape index (κ2) is 5.97. The van der Waals surface area contributed by atoms with Gasteiger partial charge in [-0.3, -0.25) is 4.57 Å². The Balaban J connectivity index is 2.08. The molecule has 3 nitrogen and oxygen atoms in total. The lowest BCUT2D eigenvalue weighted by molar-refractivity contribution is 0.866. The van der Waals surface area contributed by atoms with Gasteiger partial charge in [0.05, 0.1) is 0 Å². The molecular weight excluding hydrogens is 373 g/mol. The highest BCUT2D eigenvalue weighted by molar-refractivity contribution is 14.1. The molecule has 0 radical (unpaired) electrons. The van der Waals surface area contributed by atoms with Gasteiger partial charge >= 0.3 is 0 Å². The molecule has 0 fully saturated rings. The average Bonchev–Trinajstić information content (AvgIpc) is 2.90. The summed E-state index contributed by atoms with van der Waals surface area (Å²) in [6.45, 7) is 4.40. The van der Waals surface area contributed by atoms with Gasteiger partial charge in [0.2, 0.25) is 0 Å². The van der Waals surface area contributed by atoms with Crippen LogP contribution in [-0.2, 0) is 0 Å². The molecule has 2 aromatic carbocycles. The number of benzene rings is 2. The number of hydrogen-bond donors (Lipinski definition) is 0. The van der Waals surface area contributed by atoms with E-state index in [1.54, 1.807) is 0 Å². The van der Waals surface area contributed by atoms with E-state index >= 15 is 0 Å². The Kier molecular flexibility index (Phi) is 4.05. The van der Waals surface area contributed by atoms with Crippen LogP contribution in [0.15, 0.2) is 54.6 Å². The van der Waals surface area contributed by atoms with Crippen LogP contribution in [0.5, 0.6) is 0 Å². The monoisotopic (exact) mass is 389 g/mol. The van der Waals surface area contributed by atoms with E-state index in [1.807, 2.05) is 18.2 Å². The molecule has 106 valence electrons. The van der Waals surface area contributed by atoms with Crippen molar-refractivity contribution < 1.29 is 0 Å². The topological polar surface area (TPSA) is 30.7 Å². The molecular formula is C17H16IN3. The van der Waals surface area contributed by atoms with Crippen LogP contribution in [-0.4, -0.2) is 14.8 Å². The van der Waals surface area contributed by atoms with Gasteiger partial charge in [0.25, 0.3) is 0 Å². The Labute approximate surface area is 138 Å². The molecule has 1 heterocycles. The first kappa shape index (κ1) is 14.3. The number of halogens is 1. The molecule has 1 aromatic heterocycles. The van der Waals surface area contributed by atoms with E-state index in [0.717, 1.165) is 20.9 Å². The number of aromatic nitrogens is 3. The predicted octanol–water partition coefficient (Wildman–Crippen LogP) is 4.66. The standard InChI is InChI=1S/C17H16IN3/c1-12(2)13-8-10-14(11-9-13)16-19-20-17(18)21(16)15-6-4-3-5-7-15/h3-12H,1-2H3. The third kappa shape index (κ3) is 2.85. The minimum Gasteiger partial charge on any atom is -0.270 e. The van der Waals surface area contributed by atoms with Crippen LogP contribution < -0.4 is 0 Å². The first-order valence-electron chi connectivity index (χ1n) is 6.93. The van der Waals surface area contributed by atoms with Crippen LogP contribution in [0, 0.1) is 3.83 Å². The van der Waals surface area contributed by atoms with Crippen LogP contribution in [0.25, 0.3) is 17.1 Å². The SMILES string of the molecule is CC(C)c1ccc(-c2nnc(I)n2-c2ccccc2)cc1. The number of hydrogen-bond acceptors (Lipinski definition) is 2.